The molecular weight excluding hydrogens is 290 g/mol. The summed E-state index contributed by atoms with van der Waals surface area (Å²) in [5.41, 5.74) is 1.46. The van der Waals surface area contributed by atoms with Crippen molar-refractivity contribution in [3.8, 4) is 0 Å². The molecule has 22 heavy (non-hydrogen) atoms. The second kappa shape index (κ2) is 8.27. The highest BCUT2D eigenvalue weighted by molar-refractivity contribution is 7.17. The van der Waals surface area contributed by atoms with Crippen molar-refractivity contribution >= 4 is 9.24 Å². The van der Waals surface area contributed by atoms with Crippen molar-refractivity contribution in [2.24, 2.45) is 29.6 Å². The Hall–Kier alpha value is 0.100. The van der Waals surface area contributed by atoms with Gasteiger partial charge in [-0.3, -0.25) is 0 Å². The Kier molecular flexibility index (Phi) is 6.93. The molecule has 0 saturated heterocycles. The molecule has 0 aromatic carbocycles. The molecule has 0 heterocycles. The number of allylic oxidation sites excluding steroid dienone is 2. The van der Waals surface area contributed by atoms with Gasteiger partial charge in [0.05, 0.1) is 0 Å². The molecule has 0 bridgehead atoms. The van der Waals surface area contributed by atoms with Crippen molar-refractivity contribution in [3.05, 3.63) is 11.6 Å². The van der Waals surface area contributed by atoms with Crippen molar-refractivity contribution < 1.29 is 4.39 Å². The Morgan fingerprint density at radius 1 is 1.14 bits per heavy atom. The van der Waals surface area contributed by atoms with E-state index in [9.17, 15) is 0 Å². The molecule has 2 fully saturated rings. The molecule has 0 aromatic heterocycles. The van der Waals surface area contributed by atoms with Crippen LogP contribution in [0.1, 0.15) is 72.6 Å². The van der Waals surface area contributed by atoms with Gasteiger partial charge < -0.3 is 0 Å². The van der Waals surface area contributed by atoms with E-state index in [1.165, 1.54) is 37.7 Å². The van der Waals surface area contributed by atoms with Gasteiger partial charge in [0, 0.05) is 11.6 Å². The van der Waals surface area contributed by atoms with Crippen LogP contribution in [-0.2, 0) is 0 Å². The van der Waals surface area contributed by atoms with Crippen LogP contribution < -0.4 is 0 Å². The summed E-state index contributed by atoms with van der Waals surface area (Å²) in [6.45, 7) is 8.98. The first-order valence-electron chi connectivity index (χ1n) is 9.46. The molecule has 2 aliphatic rings. The van der Waals surface area contributed by atoms with Gasteiger partial charge in [-0.05, 0) is 62.7 Å². The van der Waals surface area contributed by atoms with Gasteiger partial charge in [-0.25, -0.2) is 4.39 Å². The molecular formula is C20H36FP. The first-order chi connectivity index (χ1) is 10.4. The summed E-state index contributed by atoms with van der Waals surface area (Å²) >= 11 is 0. The molecule has 0 nitrogen and oxygen atoms in total. The van der Waals surface area contributed by atoms with Gasteiger partial charge in [0.25, 0.3) is 0 Å². The molecule has 2 rings (SSSR count). The van der Waals surface area contributed by atoms with Gasteiger partial charge in [-0.1, -0.05) is 45.3 Å². The number of alkyl halides is 1. The third kappa shape index (κ3) is 4.56. The molecule has 2 saturated carbocycles. The predicted octanol–water partition coefficient (Wildman–Crippen LogP) is 6.41. The summed E-state index contributed by atoms with van der Waals surface area (Å²) in [6.07, 6.45) is 10.4. The third-order valence-corrected chi connectivity index (χ3v) is 7.08. The van der Waals surface area contributed by atoms with Gasteiger partial charge in [0.1, 0.15) is 6.17 Å². The second-order valence-electron chi connectivity index (χ2n) is 8.47. The lowest BCUT2D eigenvalue weighted by Crippen LogP contribution is -2.41. The van der Waals surface area contributed by atoms with E-state index in [0.717, 1.165) is 24.7 Å². The Labute approximate surface area is 139 Å². The van der Waals surface area contributed by atoms with E-state index in [0.29, 0.717) is 11.8 Å². The summed E-state index contributed by atoms with van der Waals surface area (Å²) in [6, 6.07) is 0. The minimum atomic E-state index is -0.661. The van der Waals surface area contributed by atoms with E-state index in [4.69, 9.17) is 0 Å². The van der Waals surface area contributed by atoms with Crippen molar-refractivity contribution in [2.45, 2.75) is 84.5 Å². The first kappa shape index (κ1) is 18.4. The zero-order valence-electron chi connectivity index (χ0n) is 15.0. The van der Waals surface area contributed by atoms with E-state index >= 15 is 4.39 Å². The Morgan fingerprint density at radius 2 is 1.77 bits per heavy atom. The lowest BCUT2D eigenvalue weighted by molar-refractivity contribution is 0.0991. The van der Waals surface area contributed by atoms with Crippen LogP contribution in [-0.4, -0.2) is 11.8 Å². The quantitative estimate of drug-likeness (QED) is 0.413. The average Bonchev–Trinajstić information content (AvgIpc) is 2.48. The van der Waals surface area contributed by atoms with Gasteiger partial charge in [0.2, 0.25) is 0 Å². The van der Waals surface area contributed by atoms with Crippen LogP contribution in [0.4, 0.5) is 4.39 Å². The Bertz CT molecular complexity index is 368. The molecule has 2 aliphatic carbocycles. The summed E-state index contributed by atoms with van der Waals surface area (Å²) in [5.74, 6) is 3.10. The minimum absolute atomic E-state index is 0.166. The fourth-order valence-electron chi connectivity index (χ4n) is 4.54. The fraction of sp³-hybridized carbons (Fsp3) is 0.900. The van der Waals surface area contributed by atoms with Crippen molar-refractivity contribution in [1.29, 1.82) is 0 Å². The lowest BCUT2D eigenvalue weighted by atomic mass is 9.67. The van der Waals surface area contributed by atoms with Crippen LogP contribution in [0, 0.1) is 29.6 Å². The van der Waals surface area contributed by atoms with Crippen LogP contribution in [0.5, 0.6) is 0 Å². The molecule has 0 radical (unpaired) electrons. The lowest BCUT2D eigenvalue weighted by Gasteiger charge is -2.43. The molecule has 128 valence electrons. The molecule has 5 unspecified atom stereocenters. The topological polar surface area (TPSA) is 0 Å². The molecule has 0 aromatic rings. The number of hydrogen-bond donors (Lipinski definition) is 0. The third-order valence-electron chi connectivity index (χ3n) is 6.22. The zero-order chi connectivity index (χ0) is 16.3. The molecule has 0 N–H and O–H groups in total. The fourth-order valence-corrected chi connectivity index (χ4v) is 5.32. The van der Waals surface area contributed by atoms with E-state index in [1.54, 1.807) is 0 Å². The van der Waals surface area contributed by atoms with E-state index < -0.39 is 6.17 Å². The number of hydrogen-bond acceptors (Lipinski definition) is 0. The Morgan fingerprint density at radius 3 is 2.36 bits per heavy atom. The van der Waals surface area contributed by atoms with Crippen molar-refractivity contribution in [3.63, 3.8) is 0 Å². The maximum Gasteiger partial charge on any atom is 0.113 e. The standard InChI is InChI=1S/C20H36FP/c1-13(2)5-8-15(4)17-11-12-18(20(22)19(17)21)16-9-6-14(3)7-10-16/h8,13-14,16-20H,5-7,9-12,22H2,1-4H3/b15-8+. The molecule has 0 aliphatic heterocycles. The summed E-state index contributed by atoms with van der Waals surface area (Å²) in [7, 11) is 2.89. The zero-order valence-corrected chi connectivity index (χ0v) is 16.2. The largest absolute Gasteiger partial charge is 0.246 e. The highest BCUT2D eigenvalue weighted by Crippen LogP contribution is 2.46. The predicted molar refractivity (Wildman–Crippen MR) is 98.9 cm³/mol. The smallest absolute Gasteiger partial charge is 0.113 e. The van der Waals surface area contributed by atoms with Crippen LogP contribution in [0.25, 0.3) is 0 Å². The van der Waals surface area contributed by atoms with Crippen LogP contribution >= 0.6 is 9.24 Å². The van der Waals surface area contributed by atoms with Crippen LogP contribution in [0.3, 0.4) is 0 Å². The summed E-state index contributed by atoms with van der Waals surface area (Å²) in [5, 5.41) is 0. The molecule has 0 amide bonds. The van der Waals surface area contributed by atoms with E-state index in [1.807, 2.05) is 0 Å². The van der Waals surface area contributed by atoms with Crippen LogP contribution in [0.15, 0.2) is 11.6 Å². The minimum Gasteiger partial charge on any atom is -0.246 e. The maximum atomic E-state index is 15.0. The van der Waals surface area contributed by atoms with Gasteiger partial charge in [-0.15, -0.1) is 9.24 Å². The van der Waals surface area contributed by atoms with Crippen molar-refractivity contribution in [2.75, 3.05) is 0 Å². The van der Waals surface area contributed by atoms with E-state index in [2.05, 4.69) is 43.0 Å². The van der Waals surface area contributed by atoms with Crippen molar-refractivity contribution in [1.82, 2.24) is 0 Å². The highest BCUT2D eigenvalue weighted by atomic mass is 31.0. The maximum absolute atomic E-state index is 15.0. The monoisotopic (exact) mass is 326 g/mol. The summed E-state index contributed by atoms with van der Waals surface area (Å²) < 4.78 is 15.0. The number of halogens is 1. The number of rotatable bonds is 4. The van der Waals surface area contributed by atoms with E-state index in [-0.39, 0.29) is 11.6 Å². The van der Waals surface area contributed by atoms with Gasteiger partial charge in [-0.2, -0.15) is 0 Å². The Balaban J connectivity index is 1.95. The SMILES string of the molecule is C/C(=C\CC(C)C)C1CCC(C2CCC(C)CC2)C(P)C1F. The molecule has 5 atom stereocenters. The van der Waals surface area contributed by atoms with Crippen LogP contribution in [0.2, 0.25) is 0 Å². The molecule has 0 spiro atoms. The normalized spacial score (nSPS) is 41.0. The second-order valence-corrected chi connectivity index (χ2v) is 9.24. The average molecular weight is 326 g/mol. The molecule has 2 heteroatoms. The summed E-state index contributed by atoms with van der Waals surface area (Å²) in [4.78, 5) is 0. The van der Waals surface area contributed by atoms with Gasteiger partial charge >= 0.3 is 0 Å². The van der Waals surface area contributed by atoms with Gasteiger partial charge in [0.15, 0.2) is 0 Å². The highest BCUT2D eigenvalue weighted by Gasteiger charge is 2.41. The first-order valence-corrected chi connectivity index (χ1v) is 10.1.